The fourth-order valence-electron chi connectivity index (χ4n) is 21.9. The molecule has 31 rings (SSSR count). The van der Waals surface area contributed by atoms with Gasteiger partial charge in [0.2, 0.25) is 0 Å². The minimum Gasteiger partial charge on any atom is -0.289 e. The summed E-state index contributed by atoms with van der Waals surface area (Å²) in [7, 11) is 0. The predicted molar refractivity (Wildman–Crippen MR) is 592 cm³/mol. The van der Waals surface area contributed by atoms with Gasteiger partial charge in [-0.15, -0.1) is 0 Å². The number of carbonyl (C=O) groups is 4. The Balaban J connectivity index is 0.830. The first kappa shape index (κ1) is 86.6. The van der Waals surface area contributed by atoms with Crippen LogP contribution in [0.1, 0.15) is 44.5 Å². The summed E-state index contributed by atoms with van der Waals surface area (Å²) >= 11 is 0. The molecule has 672 valence electrons. The maximum atomic E-state index is 17.5. The molecule has 0 aliphatic heterocycles. The van der Waals surface area contributed by atoms with Crippen molar-refractivity contribution >= 4 is 112 Å². The summed E-state index contributed by atoms with van der Waals surface area (Å²) in [5, 5.41) is 5.17. The summed E-state index contributed by atoms with van der Waals surface area (Å²) in [6, 6.07) is 184. The normalized spacial score (nSPS) is 13.9. The Morgan fingerprint density at radius 2 is 0.181 bits per heavy atom. The first-order valence-corrected chi connectivity index (χ1v) is 49.0. The quantitative estimate of drug-likeness (QED) is 0.0967. The van der Waals surface area contributed by atoms with Crippen LogP contribution in [0, 0.1) is 0 Å². The van der Waals surface area contributed by atoms with Crippen LogP contribution in [0.3, 0.4) is 0 Å². The third-order valence-electron chi connectivity index (χ3n) is 28.8. The highest BCUT2D eigenvalue weighted by Gasteiger charge is 2.41. The van der Waals surface area contributed by atoms with Crippen molar-refractivity contribution in [2.24, 2.45) is 0 Å². The lowest BCUT2D eigenvalue weighted by Gasteiger charge is -2.13. The first-order valence-electron chi connectivity index (χ1n) is 49.0. The number of rotatable bonds is 16. The van der Waals surface area contributed by atoms with Crippen molar-refractivity contribution in [3.8, 4) is 89.0 Å². The third-order valence-corrected chi connectivity index (χ3v) is 28.8. The average molecular weight is 1830 g/mol. The Labute approximate surface area is 834 Å². The van der Waals surface area contributed by atoms with Crippen LogP contribution in [-0.2, 0) is 19.2 Å². The Kier molecular flexibility index (Phi) is 22.3. The van der Waals surface area contributed by atoms with Crippen LogP contribution in [0.15, 0.2) is 534 Å². The molecule has 0 heterocycles. The lowest BCUT2D eigenvalue weighted by atomic mass is 9.89. The van der Waals surface area contributed by atoms with Crippen molar-refractivity contribution in [1.82, 2.24) is 0 Å². The summed E-state index contributed by atoms with van der Waals surface area (Å²) in [5.41, 5.74) is 32.7. The molecule has 144 heavy (non-hydrogen) atoms. The highest BCUT2D eigenvalue weighted by atomic mass is 16.1. The molecule has 16 bridgehead atoms. The van der Waals surface area contributed by atoms with Crippen LogP contribution in [0.2, 0.25) is 0 Å². The van der Waals surface area contributed by atoms with E-state index in [0.29, 0.717) is 86.3 Å². The summed E-state index contributed by atoms with van der Waals surface area (Å²) in [4.78, 5) is 69.9. The van der Waals surface area contributed by atoms with E-state index in [-0.39, 0.29) is 23.1 Å². The van der Waals surface area contributed by atoms with Crippen molar-refractivity contribution in [3.05, 3.63) is 620 Å². The number of benzene rings is 20. The molecule has 20 aromatic carbocycles. The number of allylic oxidation sites excluding steroid dienone is 8. The number of Topliss-reactive ketones (excluding diaryl/α,β-unsaturated/α-hetero) is 4. The van der Waals surface area contributed by atoms with Crippen LogP contribution >= 0.6 is 0 Å². The fraction of sp³-hybridized carbons (Fsp3) is 0. The van der Waals surface area contributed by atoms with E-state index in [9.17, 15) is 0 Å². The van der Waals surface area contributed by atoms with Crippen LogP contribution in [0.5, 0.6) is 0 Å². The van der Waals surface area contributed by atoms with Crippen LogP contribution in [0.25, 0.3) is 178 Å². The van der Waals surface area contributed by atoms with Gasteiger partial charge in [0, 0.05) is 89.2 Å². The molecule has 0 radical (unpaired) electrons. The van der Waals surface area contributed by atoms with Gasteiger partial charge in [-0.25, -0.2) is 0 Å². The zero-order valence-corrected chi connectivity index (χ0v) is 78.4. The van der Waals surface area contributed by atoms with Gasteiger partial charge in [-0.05, 0) is 200 Å². The maximum absolute atomic E-state index is 17.5. The van der Waals surface area contributed by atoms with Gasteiger partial charge in [0.1, 0.15) is 0 Å². The Bertz CT molecular complexity index is 8230. The number of ketones is 4. The van der Waals surface area contributed by atoms with E-state index < -0.39 is 0 Å². The zero-order chi connectivity index (χ0) is 96.2. The molecule has 0 unspecified atom stereocenters. The average Bonchev–Trinajstić information content (AvgIpc) is 1.57. The molecule has 0 fully saturated rings. The third kappa shape index (κ3) is 15.7. The van der Waals surface area contributed by atoms with E-state index in [2.05, 4.69) is 340 Å². The molecule has 4 nitrogen and oxygen atoms in total. The van der Waals surface area contributed by atoms with E-state index >= 15 is 19.2 Å². The zero-order valence-electron chi connectivity index (χ0n) is 78.4. The van der Waals surface area contributed by atoms with E-state index in [1.54, 1.807) is 0 Å². The first-order chi connectivity index (χ1) is 71.1. The second-order valence-corrected chi connectivity index (χ2v) is 37.2. The molecule has 0 saturated heterocycles. The molecule has 0 saturated carbocycles. The second-order valence-electron chi connectivity index (χ2n) is 37.2. The van der Waals surface area contributed by atoms with Gasteiger partial charge in [-0.1, -0.05) is 510 Å². The topological polar surface area (TPSA) is 68.3 Å². The Morgan fingerprint density at radius 3 is 0.326 bits per heavy atom. The highest BCUT2D eigenvalue weighted by molar-refractivity contribution is 6.64. The number of carbonyl (C=O) groups excluding carboxylic acids is 4. The summed E-state index contributed by atoms with van der Waals surface area (Å²) in [6.07, 6.45) is 0. The van der Waals surface area contributed by atoms with Crippen LogP contribution in [0.4, 0.5) is 0 Å². The molecule has 11 aliphatic carbocycles. The summed E-state index contributed by atoms with van der Waals surface area (Å²) < 4.78 is 0. The second kappa shape index (κ2) is 37.1. The van der Waals surface area contributed by atoms with Gasteiger partial charge in [0.25, 0.3) is 0 Å². The summed E-state index contributed by atoms with van der Waals surface area (Å²) in [6.45, 7) is 0. The van der Waals surface area contributed by atoms with Crippen LogP contribution < -0.4 is 41.7 Å². The number of hydrogen-bond acceptors (Lipinski definition) is 4. The Hall–Kier alpha value is -19.0. The number of hydrogen-bond donors (Lipinski definition) is 0. The molecule has 0 N–H and O–H groups in total. The molecule has 0 atom stereocenters. The maximum Gasteiger partial charge on any atom is 0.195 e. The van der Waals surface area contributed by atoms with Crippen molar-refractivity contribution < 1.29 is 19.2 Å². The molecule has 0 aromatic heterocycles. The monoisotopic (exact) mass is 1830 g/mol. The smallest absolute Gasteiger partial charge is 0.195 e. The van der Waals surface area contributed by atoms with E-state index in [0.717, 1.165) is 178 Å². The predicted octanol–water partition coefficient (Wildman–Crippen LogP) is 26.1. The highest BCUT2D eigenvalue weighted by Crippen LogP contribution is 2.53. The van der Waals surface area contributed by atoms with Crippen molar-refractivity contribution in [2.45, 2.75) is 0 Å². The van der Waals surface area contributed by atoms with Crippen molar-refractivity contribution in [3.63, 3.8) is 0 Å². The van der Waals surface area contributed by atoms with Gasteiger partial charge in [-0.2, -0.15) is 0 Å². The van der Waals surface area contributed by atoms with Crippen LogP contribution in [-0.4, -0.2) is 23.1 Å². The van der Waals surface area contributed by atoms with Crippen molar-refractivity contribution in [2.75, 3.05) is 0 Å². The Morgan fingerprint density at radius 1 is 0.0764 bits per heavy atom. The molecule has 20 aromatic rings. The summed E-state index contributed by atoms with van der Waals surface area (Å²) in [5.74, 6) is -0.778. The SMILES string of the molecule is O=C1C2=c3ccc(cc3)=C3C(=O)C(=c4ccc(cc4)=C4C(=O)C(=c5ccc(cc5)=C5C(=O)C(=c6ccc(cc6)=C1C(c1cccc(-c6ccccc6)c1)=C2c1ccc(-c2ccccc2)cc1)C(c1ccc(-c2ccccc2)cc1)=C5c1cccc(-c2ccccc2)c1)C(c1ccc(-c2ccccc2)cc1)=C4c1cccc(-c2ccccc2)c1)C(c1ccc(-c2ccccc2)cc1)=C3c1cccc(-c2ccccc2)c1. The molecular weight excluding hydrogens is 1750 g/mol. The minimum absolute atomic E-state index is 0.194. The van der Waals surface area contributed by atoms with Gasteiger partial charge in [0.15, 0.2) is 23.1 Å². The molecule has 4 heteroatoms. The lowest BCUT2D eigenvalue weighted by Crippen LogP contribution is -2.22. The van der Waals surface area contributed by atoms with Gasteiger partial charge in [-0.3, -0.25) is 19.2 Å². The van der Waals surface area contributed by atoms with Gasteiger partial charge in [0.05, 0.1) is 0 Å². The minimum atomic E-state index is -0.194. The van der Waals surface area contributed by atoms with E-state index in [1.807, 2.05) is 194 Å². The van der Waals surface area contributed by atoms with Gasteiger partial charge >= 0.3 is 0 Å². The van der Waals surface area contributed by atoms with Crippen molar-refractivity contribution in [1.29, 1.82) is 0 Å². The van der Waals surface area contributed by atoms with E-state index in [1.165, 1.54) is 0 Å². The molecule has 0 spiro atoms. The molecule has 11 aliphatic rings. The lowest BCUT2D eigenvalue weighted by molar-refractivity contribution is -0.109. The largest absolute Gasteiger partial charge is 0.289 e. The van der Waals surface area contributed by atoms with Gasteiger partial charge < -0.3 is 0 Å². The standard InChI is InChI=1S/C140H88O4/c141-137-129-105-69-77-110(78-70-105)134-126(118-50-26-46-114(86-118)94-39-19-6-20-40-94)122(102-63-55-98(56-64-102)90-31-11-2-12-32-90)131(138(134)142)107-73-81-112(82-74-107)136-128(120-52-28-48-116(88-120)96-43-23-8-24-44-96)124(104-67-59-100(60-68-104)92-35-15-4-16-36-92)132(140(136)144)108-75-83-111(84-76-108)135-127(119-51-27-47-115(87-119)95-41-21-7-22-42-95)123(103-65-57-99(58-66-103)91-33-13-3-14-34-91)130(139(135)143)106-71-79-109(80-72-106)133(137)125(117-49-25-45-113(85-117)93-37-17-5-18-38-93)121(129)101-61-53-97(54-62-101)89-29-9-1-10-30-89/h1-88H. The fourth-order valence-corrected chi connectivity index (χ4v) is 21.9. The molecule has 0 amide bonds. The van der Waals surface area contributed by atoms with E-state index in [4.69, 9.17) is 0 Å². The molecular formula is C140H88O4.